The van der Waals surface area contributed by atoms with Crippen LogP contribution in [0.1, 0.15) is 18.9 Å². The number of ether oxygens (including phenoxy) is 1. The summed E-state index contributed by atoms with van der Waals surface area (Å²) in [6.07, 6.45) is 0.335. The SMILES string of the molecule is COCCC(C)(O)CNS(=O)(=O)c1cc(N)ccc1C. The van der Waals surface area contributed by atoms with Crippen molar-refractivity contribution in [2.75, 3.05) is 26.0 Å². The quantitative estimate of drug-likeness (QED) is 0.642. The van der Waals surface area contributed by atoms with Crippen LogP contribution in [0.25, 0.3) is 0 Å². The summed E-state index contributed by atoms with van der Waals surface area (Å²) in [5.74, 6) is 0. The molecule has 1 aromatic rings. The Hall–Kier alpha value is -1.15. The van der Waals surface area contributed by atoms with E-state index in [1.807, 2.05) is 0 Å². The van der Waals surface area contributed by atoms with E-state index in [4.69, 9.17) is 10.5 Å². The molecule has 0 saturated carbocycles. The van der Waals surface area contributed by atoms with Crippen LogP contribution in [-0.4, -0.2) is 39.4 Å². The molecule has 0 amide bonds. The van der Waals surface area contributed by atoms with Crippen LogP contribution in [0.2, 0.25) is 0 Å². The van der Waals surface area contributed by atoms with Crippen molar-refractivity contribution in [2.45, 2.75) is 30.8 Å². The Morgan fingerprint density at radius 2 is 2.10 bits per heavy atom. The fourth-order valence-electron chi connectivity index (χ4n) is 1.64. The standard InChI is InChI=1S/C13H22N2O4S/c1-10-4-5-11(14)8-12(10)20(17,18)15-9-13(2,16)6-7-19-3/h4-5,8,15-16H,6-7,9,14H2,1-3H3. The molecule has 4 N–H and O–H groups in total. The van der Waals surface area contributed by atoms with Gasteiger partial charge in [-0.3, -0.25) is 0 Å². The number of hydrogen-bond acceptors (Lipinski definition) is 5. The highest BCUT2D eigenvalue weighted by molar-refractivity contribution is 7.89. The van der Waals surface area contributed by atoms with Gasteiger partial charge in [0, 0.05) is 32.4 Å². The van der Waals surface area contributed by atoms with E-state index in [2.05, 4.69) is 4.72 Å². The molecule has 0 aliphatic heterocycles. The van der Waals surface area contributed by atoms with Crippen molar-refractivity contribution in [2.24, 2.45) is 0 Å². The van der Waals surface area contributed by atoms with Crippen LogP contribution in [0.3, 0.4) is 0 Å². The lowest BCUT2D eigenvalue weighted by Crippen LogP contribution is -2.41. The summed E-state index contributed by atoms with van der Waals surface area (Å²) in [6.45, 7) is 3.51. The van der Waals surface area contributed by atoms with Crippen molar-refractivity contribution < 1.29 is 18.3 Å². The van der Waals surface area contributed by atoms with Gasteiger partial charge in [-0.15, -0.1) is 0 Å². The first-order chi connectivity index (χ1) is 9.18. The molecule has 20 heavy (non-hydrogen) atoms. The molecule has 6 nitrogen and oxygen atoms in total. The monoisotopic (exact) mass is 302 g/mol. The highest BCUT2D eigenvalue weighted by Crippen LogP contribution is 2.19. The number of nitrogens with two attached hydrogens (primary N) is 1. The average Bonchev–Trinajstić information content (AvgIpc) is 2.37. The van der Waals surface area contributed by atoms with Crippen molar-refractivity contribution in [3.05, 3.63) is 23.8 Å². The second-order valence-electron chi connectivity index (χ2n) is 5.09. The molecule has 1 aromatic carbocycles. The number of nitrogen functional groups attached to an aromatic ring is 1. The van der Waals surface area contributed by atoms with Gasteiger partial charge >= 0.3 is 0 Å². The Labute approximate surface area is 120 Å². The van der Waals surface area contributed by atoms with E-state index < -0.39 is 15.6 Å². The van der Waals surface area contributed by atoms with Gasteiger partial charge in [0.15, 0.2) is 0 Å². The van der Waals surface area contributed by atoms with Crippen LogP contribution >= 0.6 is 0 Å². The zero-order chi connectivity index (χ0) is 15.4. The number of sulfonamides is 1. The zero-order valence-corrected chi connectivity index (χ0v) is 12.8. The maximum absolute atomic E-state index is 12.2. The number of rotatable bonds is 7. The molecule has 0 aliphatic rings. The maximum Gasteiger partial charge on any atom is 0.241 e. The van der Waals surface area contributed by atoms with E-state index in [9.17, 15) is 13.5 Å². The van der Waals surface area contributed by atoms with Gasteiger partial charge in [0.25, 0.3) is 0 Å². The number of methoxy groups -OCH3 is 1. The number of benzene rings is 1. The molecule has 0 aromatic heterocycles. The van der Waals surface area contributed by atoms with Crippen molar-refractivity contribution in [1.29, 1.82) is 0 Å². The van der Waals surface area contributed by atoms with E-state index in [1.165, 1.54) is 13.2 Å². The van der Waals surface area contributed by atoms with E-state index in [-0.39, 0.29) is 11.4 Å². The molecule has 7 heteroatoms. The fourth-order valence-corrected chi connectivity index (χ4v) is 3.08. The Balaban J connectivity index is 2.83. The van der Waals surface area contributed by atoms with E-state index >= 15 is 0 Å². The van der Waals surface area contributed by atoms with Crippen LogP contribution in [-0.2, 0) is 14.8 Å². The number of aryl methyl sites for hydroxylation is 1. The Morgan fingerprint density at radius 1 is 1.45 bits per heavy atom. The summed E-state index contributed by atoms with van der Waals surface area (Å²) in [4.78, 5) is 0.125. The minimum Gasteiger partial charge on any atom is -0.399 e. The van der Waals surface area contributed by atoms with Crippen molar-refractivity contribution >= 4 is 15.7 Å². The first-order valence-electron chi connectivity index (χ1n) is 6.25. The minimum atomic E-state index is -3.70. The molecule has 0 bridgehead atoms. The summed E-state index contributed by atoms with van der Waals surface area (Å²) in [5.41, 5.74) is 5.42. The predicted molar refractivity (Wildman–Crippen MR) is 77.9 cm³/mol. The minimum absolute atomic E-state index is 0.0903. The lowest BCUT2D eigenvalue weighted by atomic mass is 10.0. The number of nitrogens with one attached hydrogen (secondary N) is 1. The van der Waals surface area contributed by atoms with Gasteiger partial charge in [0.2, 0.25) is 10.0 Å². The number of anilines is 1. The van der Waals surface area contributed by atoms with Crippen LogP contribution < -0.4 is 10.5 Å². The van der Waals surface area contributed by atoms with Gasteiger partial charge in [0.05, 0.1) is 10.5 Å². The molecule has 0 spiro atoms. The predicted octanol–water partition coefficient (Wildman–Crippen LogP) is 0.643. The average molecular weight is 302 g/mol. The largest absolute Gasteiger partial charge is 0.399 e. The van der Waals surface area contributed by atoms with Crippen LogP contribution in [0, 0.1) is 6.92 Å². The molecule has 1 rings (SSSR count). The fraction of sp³-hybridized carbons (Fsp3) is 0.538. The highest BCUT2D eigenvalue weighted by Gasteiger charge is 2.24. The molecule has 0 heterocycles. The smallest absolute Gasteiger partial charge is 0.241 e. The second kappa shape index (κ2) is 6.53. The Kier molecular flexibility index (Phi) is 5.52. The summed E-state index contributed by atoms with van der Waals surface area (Å²) in [5, 5.41) is 10.0. The third-order valence-electron chi connectivity index (χ3n) is 2.99. The third-order valence-corrected chi connectivity index (χ3v) is 4.53. The first-order valence-corrected chi connectivity index (χ1v) is 7.73. The molecule has 114 valence electrons. The molecule has 0 fully saturated rings. The molecule has 0 saturated heterocycles. The summed E-state index contributed by atoms with van der Waals surface area (Å²) >= 11 is 0. The summed E-state index contributed by atoms with van der Waals surface area (Å²) in [7, 11) is -2.18. The lowest BCUT2D eigenvalue weighted by molar-refractivity contribution is 0.0292. The topological polar surface area (TPSA) is 102 Å². The van der Waals surface area contributed by atoms with Gasteiger partial charge in [-0.2, -0.15) is 0 Å². The van der Waals surface area contributed by atoms with Crippen molar-refractivity contribution in [1.82, 2.24) is 4.72 Å². The van der Waals surface area contributed by atoms with Crippen LogP contribution in [0.4, 0.5) is 5.69 Å². The molecule has 0 radical (unpaired) electrons. The van der Waals surface area contributed by atoms with E-state index in [0.717, 1.165) is 0 Å². The van der Waals surface area contributed by atoms with E-state index in [0.29, 0.717) is 24.3 Å². The second-order valence-corrected chi connectivity index (χ2v) is 6.82. The summed E-state index contributed by atoms with van der Waals surface area (Å²) in [6, 6.07) is 4.69. The number of hydrogen-bond donors (Lipinski definition) is 3. The third kappa shape index (κ3) is 4.75. The molecular formula is C13H22N2O4S. The van der Waals surface area contributed by atoms with E-state index in [1.54, 1.807) is 26.0 Å². The first kappa shape index (κ1) is 16.9. The van der Waals surface area contributed by atoms with Crippen LogP contribution in [0.5, 0.6) is 0 Å². The van der Waals surface area contributed by atoms with Gasteiger partial charge in [-0.05, 0) is 31.5 Å². The molecule has 1 unspecified atom stereocenters. The normalized spacial score (nSPS) is 15.0. The Morgan fingerprint density at radius 3 is 2.70 bits per heavy atom. The van der Waals surface area contributed by atoms with Gasteiger partial charge in [-0.1, -0.05) is 6.07 Å². The highest BCUT2D eigenvalue weighted by atomic mass is 32.2. The van der Waals surface area contributed by atoms with Crippen molar-refractivity contribution in [3.8, 4) is 0 Å². The summed E-state index contributed by atoms with van der Waals surface area (Å²) < 4.78 is 31.7. The van der Waals surface area contributed by atoms with Crippen LogP contribution in [0.15, 0.2) is 23.1 Å². The number of aliphatic hydroxyl groups is 1. The Bertz CT molecular complexity index is 555. The van der Waals surface area contributed by atoms with Gasteiger partial charge < -0.3 is 15.6 Å². The zero-order valence-electron chi connectivity index (χ0n) is 12.0. The molecule has 0 aliphatic carbocycles. The van der Waals surface area contributed by atoms with Crippen molar-refractivity contribution in [3.63, 3.8) is 0 Å². The van der Waals surface area contributed by atoms with Gasteiger partial charge in [0.1, 0.15) is 0 Å². The lowest BCUT2D eigenvalue weighted by Gasteiger charge is -2.23. The maximum atomic E-state index is 12.2. The molecular weight excluding hydrogens is 280 g/mol. The van der Waals surface area contributed by atoms with Gasteiger partial charge in [-0.25, -0.2) is 13.1 Å². The molecule has 1 atom stereocenters.